The second-order valence-electron chi connectivity index (χ2n) is 6.42. The van der Waals surface area contributed by atoms with Crippen LogP contribution in [0.1, 0.15) is 38.8 Å². The molecule has 0 fully saturated rings. The van der Waals surface area contributed by atoms with Gasteiger partial charge in [0.15, 0.2) is 0 Å². The van der Waals surface area contributed by atoms with Crippen molar-refractivity contribution in [3.05, 3.63) is 29.3 Å². The van der Waals surface area contributed by atoms with E-state index in [4.69, 9.17) is 0 Å². The van der Waals surface area contributed by atoms with Gasteiger partial charge in [-0.3, -0.25) is 9.69 Å². The van der Waals surface area contributed by atoms with Gasteiger partial charge in [-0.05, 0) is 64.4 Å². The van der Waals surface area contributed by atoms with Gasteiger partial charge in [-0.1, -0.05) is 13.0 Å². The first kappa shape index (κ1) is 17.7. The highest BCUT2D eigenvalue weighted by molar-refractivity contribution is 5.94. The normalized spacial score (nSPS) is 13.3. The fraction of sp³-hybridized carbons (Fsp3) is 0.588. The van der Waals surface area contributed by atoms with E-state index in [1.165, 1.54) is 0 Å². The Labute approximate surface area is 128 Å². The quantitative estimate of drug-likeness (QED) is 0.847. The van der Waals surface area contributed by atoms with Crippen LogP contribution in [-0.4, -0.2) is 40.6 Å². The summed E-state index contributed by atoms with van der Waals surface area (Å²) in [5.74, 6) is -0.0499. The van der Waals surface area contributed by atoms with E-state index in [-0.39, 0.29) is 11.9 Å². The molecule has 2 N–H and O–H groups in total. The molecule has 0 bridgehead atoms. The van der Waals surface area contributed by atoms with Crippen molar-refractivity contribution in [2.24, 2.45) is 0 Å². The van der Waals surface area contributed by atoms with E-state index >= 15 is 0 Å². The van der Waals surface area contributed by atoms with Gasteiger partial charge in [0.05, 0.1) is 11.6 Å². The van der Waals surface area contributed by atoms with Crippen molar-refractivity contribution in [3.63, 3.8) is 0 Å². The number of benzene rings is 1. The van der Waals surface area contributed by atoms with E-state index in [1.54, 1.807) is 13.8 Å². The van der Waals surface area contributed by atoms with Crippen LogP contribution >= 0.6 is 0 Å². The monoisotopic (exact) mass is 292 g/mol. The standard InChI is InChI=1S/C17H28N2O2/c1-7-19(11-17(5,6)21)14(4)16(20)18-15-9-12(2)8-13(3)10-15/h8-10,14,21H,7,11H2,1-6H3,(H,18,20). The largest absolute Gasteiger partial charge is 0.389 e. The average Bonchev–Trinajstić information content (AvgIpc) is 2.32. The lowest BCUT2D eigenvalue weighted by Crippen LogP contribution is -2.48. The lowest BCUT2D eigenvalue weighted by molar-refractivity contribution is -0.121. The zero-order valence-electron chi connectivity index (χ0n) is 14.0. The van der Waals surface area contributed by atoms with E-state index in [9.17, 15) is 9.90 Å². The van der Waals surface area contributed by atoms with Gasteiger partial charge < -0.3 is 10.4 Å². The number of hydrogen-bond acceptors (Lipinski definition) is 3. The van der Waals surface area contributed by atoms with E-state index in [2.05, 4.69) is 11.4 Å². The predicted molar refractivity (Wildman–Crippen MR) is 87.6 cm³/mol. The summed E-state index contributed by atoms with van der Waals surface area (Å²) in [5.41, 5.74) is 2.26. The van der Waals surface area contributed by atoms with Crippen LogP contribution in [0.2, 0.25) is 0 Å². The second kappa shape index (κ2) is 7.05. The molecule has 1 aromatic rings. The van der Waals surface area contributed by atoms with Crippen molar-refractivity contribution in [1.82, 2.24) is 4.90 Å². The fourth-order valence-corrected chi connectivity index (χ4v) is 2.48. The van der Waals surface area contributed by atoms with Gasteiger partial charge in [-0.25, -0.2) is 0 Å². The van der Waals surface area contributed by atoms with E-state index < -0.39 is 5.60 Å². The Balaban J connectivity index is 2.77. The first-order valence-electron chi connectivity index (χ1n) is 7.48. The fourth-order valence-electron chi connectivity index (χ4n) is 2.48. The molecule has 4 heteroatoms. The minimum Gasteiger partial charge on any atom is -0.389 e. The number of nitrogens with one attached hydrogen (secondary N) is 1. The van der Waals surface area contributed by atoms with E-state index in [1.807, 2.05) is 44.7 Å². The van der Waals surface area contributed by atoms with Crippen LogP contribution < -0.4 is 5.32 Å². The highest BCUT2D eigenvalue weighted by atomic mass is 16.3. The first-order valence-corrected chi connectivity index (χ1v) is 7.48. The molecular weight excluding hydrogens is 264 g/mol. The predicted octanol–water partition coefficient (Wildman–Crippen LogP) is 2.72. The third kappa shape index (κ3) is 5.86. The Hall–Kier alpha value is -1.39. The van der Waals surface area contributed by atoms with Crippen molar-refractivity contribution in [1.29, 1.82) is 0 Å². The number of likely N-dealkylation sites (N-methyl/N-ethyl adjacent to an activating group) is 1. The average molecular weight is 292 g/mol. The number of carbonyl (C=O) groups excluding carboxylic acids is 1. The summed E-state index contributed by atoms with van der Waals surface area (Å²) in [7, 11) is 0. The molecule has 0 heterocycles. The number of nitrogens with zero attached hydrogens (tertiary/aromatic N) is 1. The molecule has 1 unspecified atom stereocenters. The number of rotatable bonds is 6. The van der Waals surface area contributed by atoms with Gasteiger partial charge in [0.2, 0.25) is 5.91 Å². The number of anilines is 1. The van der Waals surface area contributed by atoms with Gasteiger partial charge in [0.25, 0.3) is 0 Å². The SMILES string of the molecule is CCN(CC(C)(C)O)C(C)C(=O)Nc1cc(C)cc(C)c1. The molecule has 1 amide bonds. The van der Waals surface area contributed by atoms with Crippen molar-refractivity contribution >= 4 is 11.6 Å². The van der Waals surface area contributed by atoms with Crippen molar-refractivity contribution < 1.29 is 9.90 Å². The molecule has 0 aliphatic carbocycles. The molecule has 1 atom stereocenters. The Kier molecular flexibility index (Phi) is 5.93. The molecule has 0 saturated heterocycles. The van der Waals surface area contributed by atoms with E-state index in [0.29, 0.717) is 13.1 Å². The summed E-state index contributed by atoms with van der Waals surface area (Å²) >= 11 is 0. The first-order chi connectivity index (χ1) is 9.62. The van der Waals surface area contributed by atoms with Crippen LogP contribution in [0, 0.1) is 13.8 Å². The molecule has 1 rings (SSSR count). The topological polar surface area (TPSA) is 52.6 Å². The molecule has 0 aliphatic rings. The highest BCUT2D eigenvalue weighted by Gasteiger charge is 2.25. The van der Waals surface area contributed by atoms with Gasteiger partial charge >= 0.3 is 0 Å². The number of aryl methyl sites for hydroxylation is 2. The van der Waals surface area contributed by atoms with Crippen LogP contribution in [0.5, 0.6) is 0 Å². The lowest BCUT2D eigenvalue weighted by atomic mass is 10.1. The maximum atomic E-state index is 12.4. The van der Waals surface area contributed by atoms with Crippen molar-refractivity contribution in [2.75, 3.05) is 18.4 Å². The zero-order chi connectivity index (χ0) is 16.2. The maximum absolute atomic E-state index is 12.4. The summed E-state index contributed by atoms with van der Waals surface area (Å²) in [4.78, 5) is 14.4. The summed E-state index contributed by atoms with van der Waals surface area (Å²) < 4.78 is 0. The molecule has 21 heavy (non-hydrogen) atoms. The molecule has 0 spiro atoms. The van der Waals surface area contributed by atoms with Crippen LogP contribution in [0.25, 0.3) is 0 Å². The number of aliphatic hydroxyl groups is 1. The summed E-state index contributed by atoms with van der Waals surface area (Å²) in [5, 5.41) is 12.9. The summed E-state index contributed by atoms with van der Waals surface area (Å²) in [6.45, 7) is 12.6. The molecular formula is C17H28N2O2. The van der Waals surface area contributed by atoms with Gasteiger partial charge in [0.1, 0.15) is 0 Å². The lowest BCUT2D eigenvalue weighted by Gasteiger charge is -2.32. The third-order valence-corrected chi connectivity index (χ3v) is 3.41. The van der Waals surface area contributed by atoms with Crippen LogP contribution in [-0.2, 0) is 4.79 Å². The molecule has 1 aromatic carbocycles. The smallest absolute Gasteiger partial charge is 0.241 e. The molecule has 118 valence electrons. The third-order valence-electron chi connectivity index (χ3n) is 3.41. The molecule has 0 aliphatic heterocycles. The molecule has 0 aromatic heterocycles. The highest BCUT2D eigenvalue weighted by Crippen LogP contribution is 2.15. The maximum Gasteiger partial charge on any atom is 0.241 e. The number of hydrogen-bond donors (Lipinski definition) is 2. The van der Waals surface area contributed by atoms with Gasteiger partial charge in [-0.15, -0.1) is 0 Å². The van der Waals surface area contributed by atoms with Crippen molar-refractivity contribution in [3.8, 4) is 0 Å². The van der Waals surface area contributed by atoms with Crippen LogP contribution in [0.15, 0.2) is 18.2 Å². The minimum absolute atomic E-state index is 0.0499. The van der Waals surface area contributed by atoms with E-state index in [0.717, 1.165) is 16.8 Å². The second-order valence-corrected chi connectivity index (χ2v) is 6.42. The Morgan fingerprint density at radius 3 is 2.24 bits per heavy atom. The minimum atomic E-state index is -0.815. The van der Waals surface area contributed by atoms with Crippen molar-refractivity contribution in [2.45, 2.75) is 53.2 Å². The summed E-state index contributed by atoms with van der Waals surface area (Å²) in [6.07, 6.45) is 0. The van der Waals surface area contributed by atoms with Crippen LogP contribution in [0.3, 0.4) is 0 Å². The van der Waals surface area contributed by atoms with Crippen LogP contribution in [0.4, 0.5) is 5.69 Å². The number of carbonyl (C=O) groups is 1. The molecule has 4 nitrogen and oxygen atoms in total. The Morgan fingerprint density at radius 1 is 1.29 bits per heavy atom. The Morgan fingerprint density at radius 2 is 1.81 bits per heavy atom. The molecule has 0 saturated carbocycles. The van der Waals surface area contributed by atoms with Gasteiger partial charge in [-0.2, -0.15) is 0 Å². The van der Waals surface area contributed by atoms with Gasteiger partial charge in [0, 0.05) is 12.2 Å². The summed E-state index contributed by atoms with van der Waals surface area (Å²) in [6, 6.07) is 5.71. The number of amides is 1. The molecule has 0 radical (unpaired) electrons. The Bertz CT molecular complexity index is 472. The zero-order valence-corrected chi connectivity index (χ0v) is 14.0.